The zero-order chi connectivity index (χ0) is 24.0. The third-order valence-corrected chi connectivity index (χ3v) is 4.20. The molecule has 0 unspecified atom stereocenters. The Bertz CT molecular complexity index is 1160. The summed E-state index contributed by atoms with van der Waals surface area (Å²) in [5.41, 5.74) is -1.11. The van der Waals surface area contributed by atoms with Gasteiger partial charge in [0.15, 0.2) is 11.5 Å². The van der Waals surface area contributed by atoms with Crippen molar-refractivity contribution in [2.24, 2.45) is 0 Å². The lowest BCUT2D eigenvalue weighted by Crippen LogP contribution is -2.21. The van der Waals surface area contributed by atoms with Gasteiger partial charge in [0.2, 0.25) is 5.88 Å². The van der Waals surface area contributed by atoms with E-state index in [1.807, 2.05) is 0 Å². The molecule has 172 valence electrons. The van der Waals surface area contributed by atoms with E-state index in [0.717, 1.165) is 6.20 Å². The molecule has 0 spiro atoms. The Balaban J connectivity index is 1.82. The Morgan fingerprint density at radius 3 is 2.42 bits per heavy atom. The van der Waals surface area contributed by atoms with E-state index in [2.05, 4.69) is 20.6 Å². The third-order valence-electron chi connectivity index (χ3n) is 4.20. The lowest BCUT2D eigenvalue weighted by atomic mass is 10.1. The lowest BCUT2D eigenvalue weighted by molar-refractivity contribution is -0.143. The number of hydrogen-bond acceptors (Lipinski definition) is 7. The number of nitrogens with zero attached hydrogens (tertiary/aromatic N) is 4. The van der Waals surface area contributed by atoms with Gasteiger partial charge in [-0.05, 0) is 36.8 Å². The minimum Gasteiger partial charge on any atom is -0.480 e. The maximum Gasteiger partial charge on any atom is 0.434 e. The highest BCUT2D eigenvalue weighted by Crippen LogP contribution is 2.33. The first kappa shape index (κ1) is 23.4. The number of methoxy groups -OCH3 is 1. The van der Waals surface area contributed by atoms with Crippen LogP contribution in [0.5, 0.6) is 5.88 Å². The molecule has 2 aromatic heterocycles. The first-order chi connectivity index (χ1) is 15.7. The summed E-state index contributed by atoms with van der Waals surface area (Å²) in [4.78, 5) is 24.0. The number of hydrogen-bond donors (Lipinski definition) is 1. The monoisotopic (exact) mass is 461 g/mol. The van der Waals surface area contributed by atoms with Crippen LogP contribution in [0, 0.1) is 0 Å². The van der Waals surface area contributed by atoms with Gasteiger partial charge >= 0.3 is 12.1 Å². The zero-order valence-corrected chi connectivity index (χ0v) is 17.5. The molecule has 3 aromatic rings. The molecule has 0 radical (unpaired) electrons. The van der Waals surface area contributed by atoms with Crippen LogP contribution in [0.15, 0.2) is 48.7 Å². The third kappa shape index (κ3) is 5.73. The van der Waals surface area contributed by atoms with E-state index >= 15 is 0 Å². The minimum absolute atomic E-state index is 0.109. The van der Waals surface area contributed by atoms with Crippen LogP contribution in [0.3, 0.4) is 0 Å². The number of carbonyl (C=O) groups is 2. The molecule has 0 atom stereocenters. The van der Waals surface area contributed by atoms with Crippen molar-refractivity contribution in [2.45, 2.75) is 13.1 Å². The summed E-state index contributed by atoms with van der Waals surface area (Å²) in [6.45, 7) is 1.93. The normalized spacial score (nSPS) is 11.4. The maximum atomic E-state index is 13.8. The van der Waals surface area contributed by atoms with E-state index in [4.69, 9.17) is 9.47 Å². The average molecular weight is 461 g/mol. The quantitative estimate of drug-likeness (QED) is 0.424. The SMILES string of the molecule is CCOC(=O)/C=C/c1ccc(NC(=O)c2cnn(-c3ccc(OC)nn3)c2C(F)(F)F)cc1. The summed E-state index contributed by atoms with van der Waals surface area (Å²) in [5.74, 6) is -1.64. The van der Waals surface area contributed by atoms with Crippen LogP contribution in [-0.4, -0.2) is 45.6 Å². The highest BCUT2D eigenvalue weighted by Gasteiger charge is 2.41. The fraction of sp³-hybridized carbons (Fsp3) is 0.190. The molecular weight excluding hydrogens is 443 g/mol. The molecule has 0 saturated carbocycles. The number of carbonyl (C=O) groups excluding carboxylic acids is 2. The fourth-order valence-corrected chi connectivity index (χ4v) is 2.73. The molecule has 33 heavy (non-hydrogen) atoms. The van der Waals surface area contributed by atoms with Gasteiger partial charge in [-0.3, -0.25) is 4.79 Å². The molecule has 1 aromatic carbocycles. The Morgan fingerprint density at radius 2 is 1.85 bits per heavy atom. The molecule has 0 aliphatic rings. The number of rotatable bonds is 7. The smallest absolute Gasteiger partial charge is 0.434 e. The molecule has 1 amide bonds. The van der Waals surface area contributed by atoms with E-state index in [1.165, 1.54) is 43.5 Å². The number of nitrogens with one attached hydrogen (secondary N) is 1. The van der Waals surface area contributed by atoms with Crippen molar-refractivity contribution in [1.29, 1.82) is 0 Å². The number of amides is 1. The van der Waals surface area contributed by atoms with Gasteiger partial charge in [0.25, 0.3) is 5.91 Å². The Kier molecular flexibility index (Phi) is 7.06. The lowest BCUT2D eigenvalue weighted by Gasteiger charge is -2.12. The van der Waals surface area contributed by atoms with Gasteiger partial charge in [0.05, 0.1) is 25.5 Å². The van der Waals surface area contributed by atoms with Crippen molar-refractivity contribution in [3.8, 4) is 11.7 Å². The number of aromatic nitrogens is 4. The van der Waals surface area contributed by atoms with E-state index < -0.39 is 29.3 Å². The fourth-order valence-electron chi connectivity index (χ4n) is 2.73. The van der Waals surface area contributed by atoms with Crippen molar-refractivity contribution in [3.63, 3.8) is 0 Å². The van der Waals surface area contributed by atoms with Gasteiger partial charge in [0.1, 0.15) is 0 Å². The molecular formula is C21H18F3N5O4. The van der Waals surface area contributed by atoms with Crippen LogP contribution < -0.4 is 10.1 Å². The minimum atomic E-state index is -4.90. The van der Waals surface area contributed by atoms with Crippen molar-refractivity contribution in [1.82, 2.24) is 20.0 Å². The van der Waals surface area contributed by atoms with Crippen molar-refractivity contribution < 1.29 is 32.2 Å². The molecule has 0 saturated heterocycles. The van der Waals surface area contributed by atoms with Crippen LogP contribution >= 0.6 is 0 Å². The predicted octanol–water partition coefficient (Wildman–Crippen LogP) is 3.52. The van der Waals surface area contributed by atoms with Gasteiger partial charge < -0.3 is 14.8 Å². The van der Waals surface area contributed by atoms with Gasteiger partial charge in [-0.25, -0.2) is 9.48 Å². The molecule has 12 heteroatoms. The van der Waals surface area contributed by atoms with Gasteiger partial charge in [-0.2, -0.15) is 18.3 Å². The van der Waals surface area contributed by atoms with Crippen LogP contribution in [0.4, 0.5) is 18.9 Å². The van der Waals surface area contributed by atoms with E-state index in [9.17, 15) is 22.8 Å². The number of ether oxygens (including phenoxy) is 2. The predicted molar refractivity (Wildman–Crippen MR) is 111 cm³/mol. The molecule has 1 N–H and O–H groups in total. The first-order valence-corrected chi connectivity index (χ1v) is 9.52. The molecule has 0 fully saturated rings. The number of alkyl halides is 3. The van der Waals surface area contributed by atoms with Crippen LogP contribution in [0.25, 0.3) is 11.9 Å². The second-order valence-corrected chi connectivity index (χ2v) is 6.41. The second kappa shape index (κ2) is 9.94. The summed E-state index contributed by atoms with van der Waals surface area (Å²) in [7, 11) is 1.34. The van der Waals surface area contributed by atoms with Crippen molar-refractivity contribution in [2.75, 3.05) is 19.0 Å². The van der Waals surface area contributed by atoms with Gasteiger partial charge in [-0.1, -0.05) is 12.1 Å². The summed E-state index contributed by atoms with van der Waals surface area (Å²) < 4.78 is 51.4. The number of esters is 1. The topological polar surface area (TPSA) is 108 Å². The van der Waals surface area contributed by atoms with E-state index in [1.54, 1.807) is 19.1 Å². The van der Waals surface area contributed by atoms with E-state index in [-0.39, 0.29) is 24.0 Å². The highest BCUT2D eigenvalue weighted by molar-refractivity contribution is 6.05. The van der Waals surface area contributed by atoms with Crippen molar-refractivity contribution in [3.05, 3.63) is 65.5 Å². The Morgan fingerprint density at radius 1 is 1.12 bits per heavy atom. The van der Waals surface area contributed by atoms with Crippen LogP contribution in [0.2, 0.25) is 0 Å². The number of benzene rings is 1. The zero-order valence-electron chi connectivity index (χ0n) is 17.5. The Hall–Kier alpha value is -4.22. The second-order valence-electron chi connectivity index (χ2n) is 6.41. The van der Waals surface area contributed by atoms with Crippen LogP contribution in [-0.2, 0) is 15.7 Å². The van der Waals surface area contributed by atoms with E-state index in [0.29, 0.717) is 10.2 Å². The molecule has 0 aliphatic heterocycles. The largest absolute Gasteiger partial charge is 0.480 e. The molecule has 0 bridgehead atoms. The standard InChI is InChI=1S/C21H18F3N5O4/c1-3-33-18(30)11-6-13-4-7-14(8-5-13)26-20(31)15-12-25-29(19(15)21(22,23)24)16-9-10-17(32-2)28-27-16/h4-12H,3H2,1-2H3,(H,26,31)/b11-6+. The summed E-state index contributed by atoms with van der Waals surface area (Å²) in [5, 5.41) is 13.4. The highest BCUT2D eigenvalue weighted by atomic mass is 19.4. The van der Waals surface area contributed by atoms with Crippen molar-refractivity contribution >= 4 is 23.6 Å². The molecule has 3 rings (SSSR count). The molecule has 2 heterocycles. The first-order valence-electron chi connectivity index (χ1n) is 9.52. The summed E-state index contributed by atoms with van der Waals surface area (Å²) in [6.07, 6.45) is -1.35. The maximum absolute atomic E-state index is 13.8. The Labute approximate surface area is 185 Å². The summed E-state index contributed by atoms with van der Waals surface area (Å²) in [6, 6.07) is 8.67. The van der Waals surface area contributed by atoms with Gasteiger partial charge in [0, 0.05) is 17.8 Å². The van der Waals surface area contributed by atoms with Gasteiger partial charge in [-0.15, -0.1) is 10.2 Å². The molecule has 0 aliphatic carbocycles. The summed E-state index contributed by atoms with van der Waals surface area (Å²) >= 11 is 0. The number of anilines is 1. The number of halogens is 3. The van der Waals surface area contributed by atoms with Crippen LogP contribution in [0.1, 0.15) is 28.5 Å². The average Bonchev–Trinajstić information content (AvgIpc) is 3.25. The molecule has 9 nitrogen and oxygen atoms in total.